The van der Waals surface area contributed by atoms with Crippen LogP contribution in [-0.4, -0.2) is 25.0 Å². The summed E-state index contributed by atoms with van der Waals surface area (Å²) in [6.45, 7) is 4.08. The van der Waals surface area contributed by atoms with Gasteiger partial charge in [0, 0.05) is 24.2 Å². The molecule has 0 aliphatic carbocycles. The van der Waals surface area contributed by atoms with Gasteiger partial charge in [-0.05, 0) is 24.5 Å². The lowest BCUT2D eigenvalue weighted by Crippen LogP contribution is -2.35. The van der Waals surface area contributed by atoms with Crippen LogP contribution in [0.4, 0.5) is 5.69 Å². The molecule has 1 atom stereocenters. The van der Waals surface area contributed by atoms with E-state index in [1.165, 1.54) is 0 Å². The number of anilines is 1. The number of fused-ring (bicyclic) bond motifs is 1. The van der Waals surface area contributed by atoms with Crippen molar-refractivity contribution < 1.29 is 14.3 Å². The summed E-state index contributed by atoms with van der Waals surface area (Å²) in [7, 11) is 1.58. The van der Waals surface area contributed by atoms with Crippen molar-refractivity contribution in [2.75, 3.05) is 12.4 Å². The van der Waals surface area contributed by atoms with Gasteiger partial charge >= 0.3 is 0 Å². The SMILES string of the molecule is CCC(CC)NC(=O)CC1C(=O)Nc2cc(OC)ccc21. The zero-order valence-corrected chi connectivity index (χ0v) is 12.7. The molecule has 114 valence electrons. The van der Waals surface area contributed by atoms with Crippen LogP contribution in [0.3, 0.4) is 0 Å². The lowest BCUT2D eigenvalue weighted by Gasteiger charge is -2.16. The summed E-state index contributed by atoms with van der Waals surface area (Å²) in [4.78, 5) is 24.1. The predicted molar refractivity (Wildman–Crippen MR) is 81.5 cm³/mol. The van der Waals surface area contributed by atoms with E-state index in [9.17, 15) is 9.59 Å². The van der Waals surface area contributed by atoms with E-state index in [2.05, 4.69) is 10.6 Å². The summed E-state index contributed by atoms with van der Waals surface area (Å²) in [5.41, 5.74) is 1.60. The summed E-state index contributed by atoms with van der Waals surface area (Å²) in [6.07, 6.45) is 1.97. The van der Waals surface area contributed by atoms with Crippen molar-refractivity contribution in [3.63, 3.8) is 0 Å². The third-order valence-corrected chi connectivity index (χ3v) is 3.95. The third-order valence-electron chi connectivity index (χ3n) is 3.95. The van der Waals surface area contributed by atoms with Crippen molar-refractivity contribution in [3.8, 4) is 5.75 Å². The molecule has 2 rings (SSSR count). The first-order chi connectivity index (χ1) is 10.1. The number of amides is 2. The Morgan fingerprint density at radius 2 is 2.10 bits per heavy atom. The highest BCUT2D eigenvalue weighted by Gasteiger charge is 2.32. The van der Waals surface area contributed by atoms with Crippen molar-refractivity contribution in [2.45, 2.75) is 45.1 Å². The van der Waals surface area contributed by atoms with Crippen molar-refractivity contribution in [2.24, 2.45) is 0 Å². The molecule has 5 heteroatoms. The molecule has 2 amide bonds. The minimum absolute atomic E-state index is 0.0764. The first-order valence-corrected chi connectivity index (χ1v) is 7.37. The van der Waals surface area contributed by atoms with Crippen LogP contribution < -0.4 is 15.4 Å². The monoisotopic (exact) mass is 290 g/mol. The maximum Gasteiger partial charge on any atom is 0.232 e. The van der Waals surface area contributed by atoms with Crippen LogP contribution in [0, 0.1) is 0 Å². The zero-order chi connectivity index (χ0) is 15.4. The molecule has 1 aromatic carbocycles. The van der Waals surface area contributed by atoms with Crippen LogP contribution >= 0.6 is 0 Å². The second-order valence-corrected chi connectivity index (χ2v) is 5.28. The Labute approximate surface area is 125 Å². The van der Waals surface area contributed by atoms with Gasteiger partial charge in [0.05, 0.1) is 13.0 Å². The molecular formula is C16H22N2O3. The van der Waals surface area contributed by atoms with E-state index in [4.69, 9.17) is 4.74 Å². The fourth-order valence-electron chi connectivity index (χ4n) is 2.60. The van der Waals surface area contributed by atoms with Gasteiger partial charge in [0.15, 0.2) is 0 Å². The van der Waals surface area contributed by atoms with Crippen molar-refractivity contribution in [1.29, 1.82) is 0 Å². The predicted octanol–water partition coefficient (Wildman–Crippen LogP) is 2.43. The van der Waals surface area contributed by atoms with Crippen LogP contribution in [-0.2, 0) is 9.59 Å². The smallest absolute Gasteiger partial charge is 0.232 e. The second kappa shape index (κ2) is 6.61. The Morgan fingerprint density at radius 1 is 1.38 bits per heavy atom. The molecule has 0 radical (unpaired) electrons. The number of methoxy groups -OCH3 is 1. The lowest BCUT2D eigenvalue weighted by molar-refractivity contribution is -0.125. The Kier molecular flexibility index (Phi) is 4.83. The molecule has 1 heterocycles. The molecule has 0 bridgehead atoms. The van der Waals surface area contributed by atoms with Crippen LogP contribution in [0.1, 0.15) is 44.6 Å². The number of hydrogen-bond donors (Lipinski definition) is 2. The van der Waals surface area contributed by atoms with Crippen molar-refractivity contribution in [1.82, 2.24) is 5.32 Å². The van der Waals surface area contributed by atoms with Gasteiger partial charge in [0.2, 0.25) is 11.8 Å². The topological polar surface area (TPSA) is 67.4 Å². The zero-order valence-electron chi connectivity index (χ0n) is 12.7. The van der Waals surface area contributed by atoms with E-state index in [1.54, 1.807) is 13.2 Å². The van der Waals surface area contributed by atoms with E-state index in [0.717, 1.165) is 24.1 Å². The molecule has 0 fully saturated rings. The second-order valence-electron chi connectivity index (χ2n) is 5.28. The molecule has 0 saturated carbocycles. The number of ether oxygens (including phenoxy) is 1. The highest BCUT2D eigenvalue weighted by atomic mass is 16.5. The van der Waals surface area contributed by atoms with Gasteiger partial charge in [-0.25, -0.2) is 0 Å². The fourth-order valence-corrected chi connectivity index (χ4v) is 2.60. The summed E-state index contributed by atoms with van der Waals surface area (Å²) in [5, 5.41) is 5.78. The van der Waals surface area contributed by atoms with Gasteiger partial charge in [0.1, 0.15) is 5.75 Å². The van der Waals surface area contributed by atoms with Gasteiger partial charge in [-0.1, -0.05) is 19.9 Å². The van der Waals surface area contributed by atoms with E-state index < -0.39 is 5.92 Å². The molecule has 0 spiro atoms. The van der Waals surface area contributed by atoms with Crippen LogP contribution in [0.5, 0.6) is 5.75 Å². The first-order valence-electron chi connectivity index (χ1n) is 7.37. The molecule has 1 aliphatic rings. The Balaban J connectivity index is 2.08. The minimum Gasteiger partial charge on any atom is -0.497 e. The average molecular weight is 290 g/mol. The van der Waals surface area contributed by atoms with Crippen LogP contribution in [0.2, 0.25) is 0 Å². The van der Waals surface area contributed by atoms with Gasteiger partial charge in [0.25, 0.3) is 0 Å². The van der Waals surface area contributed by atoms with Gasteiger partial charge in [-0.15, -0.1) is 0 Å². The van der Waals surface area contributed by atoms with E-state index >= 15 is 0 Å². The Hall–Kier alpha value is -2.04. The number of carbonyl (C=O) groups excluding carboxylic acids is 2. The lowest BCUT2D eigenvalue weighted by atomic mass is 9.96. The molecule has 0 saturated heterocycles. The molecule has 2 N–H and O–H groups in total. The van der Waals surface area contributed by atoms with Gasteiger partial charge < -0.3 is 15.4 Å². The van der Waals surface area contributed by atoms with Crippen molar-refractivity contribution in [3.05, 3.63) is 23.8 Å². The average Bonchev–Trinajstić information content (AvgIpc) is 2.79. The molecule has 0 aromatic heterocycles. The van der Waals surface area contributed by atoms with Crippen LogP contribution in [0.25, 0.3) is 0 Å². The number of nitrogens with one attached hydrogen (secondary N) is 2. The highest BCUT2D eigenvalue weighted by Crippen LogP contribution is 2.36. The molecule has 21 heavy (non-hydrogen) atoms. The van der Waals surface area contributed by atoms with E-state index in [0.29, 0.717) is 5.75 Å². The first kappa shape index (κ1) is 15.4. The molecule has 5 nitrogen and oxygen atoms in total. The molecule has 1 aliphatic heterocycles. The highest BCUT2D eigenvalue weighted by molar-refractivity contribution is 6.05. The summed E-state index contributed by atoms with van der Waals surface area (Å²) < 4.78 is 5.14. The van der Waals surface area contributed by atoms with Gasteiger partial charge in [-0.3, -0.25) is 9.59 Å². The minimum atomic E-state index is -0.416. The number of rotatable bonds is 6. The molecule has 1 aromatic rings. The summed E-state index contributed by atoms with van der Waals surface area (Å²) in [5.74, 6) is 0.0712. The maximum absolute atomic E-state index is 12.1. The largest absolute Gasteiger partial charge is 0.497 e. The quantitative estimate of drug-likeness (QED) is 0.845. The summed E-state index contributed by atoms with van der Waals surface area (Å²) >= 11 is 0. The van der Waals surface area contributed by atoms with Crippen molar-refractivity contribution >= 4 is 17.5 Å². The normalized spacial score (nSPS) is 16.6. The fraction of sp³-hybridized carbons (Fsp3) is 0.500. The third kappa shape index (κ3) is 3.35. The number of hydrogen-bond acceptors (Lipinski definition) is 3. The summed E-state index contributed by atoms with van der Waals surface area (Å²) in [6, 6.07) is 5.62. The molecule has 1 unspecified atom stereocenters. The Bertz CT molecular complexity index is 538. The standard InChI is InChI=1S/C16H22N2O3/c1-4-10(5-2)17-15(19)9-13-12-7-6-11(21-3)8-14(12)18-16(13)20/h6-8,10,13H,4-5,9H2,1-3H3,(H,17,19)(H,18,20). The molecular weight excluding hydrogens is 268 g/mol. The maximum atomic E-state index is 12.1. The van der Waals surface area contributed by atoms with E-state index in [1.807, 2.05) is 26.0 Å². The van der Waals surface area contributed by atoms with Crippen LogP contribution in [0.15, 0.2) is 18.2 Å². The number of carbonyl (C=O) groups is 2. The van der Waals surface area contributed by atoms with E-state index in [-0.39, 0.29) is 24.3 Å². The van der Waals surface area contributed by atoms with Gasteiger partial charge in [-0.2, -0.15) is 0 Å². The Morgan fingerprint density at radius 3 is 2.71 bits per heavy atom. The number of benzene rings is 1.